The Labute approximate surface area is 109 Å². The molecule has 18 heavy (non-hydrogen) atoms. The summed E-state index contributed by atoms with van der Waals surface area (Å²) in [6.07, 6.45) is 7.74. The number of nitrogens with one attached hydrogen (secondary N) is 1. The van der Waals surface area contributed by atoms with E-state index in [1.807, 2.05) is 13.8 Å². The summed E-state index contributed by atoms with van der Waals surface area (Å²) < 4.78 is 0. The Morgan fingerprint density at radius 1 is 1.28 bits per heavy atom. The maximum atomic E-state index is 9.67. The van der Waals surface area contributed by atoms with Gasteiger partial charge in [-0.05, 0) is 26.7 Å². The Morgan fingerprint density at radius 2 is 2.00 bits per heavy atom. The second kappa shape index (κ2) is 5.65. The molecule has 2 N–H and O–H groups in total. The Kier molecular flexibility index (Phi) is 4.17. The molecule has 0 unspecified atom stereocenters. The third-order valence-electron chi connectivity index (χ3n) is 3.96. The largest absolute Gasteiger partial charge is 0.396 e. The normalized spacial score (nSPS) is 18.6. The summed E-state index contributed by atoms with van der Waals surface area (Å²) in [5.41, 5.74) is 1.88. The van der Waals surface area contributed by atoms with Gasteiger partial charge in [0.1, 0.15) is 5.82 Å². The van der Waals surface area contributed by atoms with Gasteiger partial charge in [0.05, 0.1) is 18.0 Å². The van der Waals surface area contributed by atoms with Crippen LogP contribution >= 0.6 is 0 Å². The molecule has 0 aliphatic heterocycles. The standard InChI is InChI=1S/C14H23N3O/c1-11-8-15-12(2)13(17-11)16-9-14(10-18)6-4-3-5-7-14/h8,18H,3-7,9-10H2,1-2H3,(H,16,17). The number of aliphatic hydroxyl groups is 1. The van der Waals surface area contributed by atoms with Gasteiger partial charge >= 0.3 is 0 Å². The Bertz CT molecular complexity index is 400. The van der Waals surface area contributed by atoms with E-state index in [2.05, 4.69) is 15.3 Å². The number of anilines is 1. The lowest BCUT2D eigenvalue weighted by Crippen LogP contribution is -2.36. The zero-order valence-electron chi connectivity index (χ0n) is 11.4. The molecule has 1 aliphatic carbocycles. The van der Waals surface area contributed by atoms with Crippen LogP contribution in [-0.2, 0) is 0 Å². The number of aromatic nitrogens is 2. The van der Waals surface area contributed by atoms with Gasteiger partial charge in [-0.15, -0.1) is 0 Å². The predicted molar refractivity (Wildman–Crippen MR) is 72.6 cm³/mol. The molecule has 100 valence electrons. The van der Waals surface area contributed by atoms with Gasteiger partial charge in [0.2, 0.25) is 0 Å². The summed E-state index contributed by atoms with van der Waals surface area (Å²) in [6, 6.07) is 0. The lowest BCUT2D eigenvalue weighted by molar-refractivity contribution is 0.0943. The molecule has 0 atom stereocenters. The first kappa shape index (κ1) is 13.3. The average molecular weight is 249 g/mol. The first-order valence-corrected chi connectivity index (χ1v) is 6.80. The van der Waals surface area contributed by atoms with Gasteiger partial charge in [-0.1, -0.05) is 19.3 Å². The molecule has 2 rings (SSSR count). The van der Waals surface area contributed by atoms with Crippen LogP contribution in [0.25, 0.3) is 0 Å². The number of nitrogens with zero attached hydrogens (tertiary/aromatic N) is 2. The minimum absolute atomic E-state index is 0.0378. The van der Waals surface area contributed by atoms with Gasteiger partial charge in [0.25, 0.3) is 0 Å². The second-order valence-electron chi connectivity index (χ2n) is 5.52. The third-order valence-corrected chi connectivity index (χ3v) is 3.96. The van der Waals surface area contributed by atoms with Crippen LogP contribution in [0.5, 0.6) is 0 Å². The van der Waals surface area contributed by atoms with Gasteiger partial charge in [-0.2, -0.15) is 0 Å². The van der Waals surface area contributed by atoms with Crippen molar-refractivity contribution in [1.29, 1.82) is 0 Å². The van der Waals surface area contributed by atoms with Gasteiger partial charge in [0.15, 0.2) is 0 Å². The van der Waals surface area contributed by atoms with Gasteiger partial charge in [0, 0.05) is 18.2 Å². The molecular weight excluding hydrogens is 226 g/mol. The first-order chi connectivity index (χ1) is 8.65. The van der Waals surface area contributed by atoms with Gasteiger partial charge in [-0.25, -0.2) is 4.98 Å². The molecule has 0 spiro atoms. The minimum atomic E-state index is 0.0378. The summed E-state index contributed by atoms with van der Waals surface area (Å²) in [7, 11) is 0. The molecule has 0 bridgehead atoms. The highest BCUT2D eigenvalue weighted by atomic mass is 16.3. The molecule has 1 fully saturated rings. The van der Waals surface area contributed by atoms with Crippen LogP contribution in [0.4, 0.5) is 5.82 Å². The zero-order valence-corrected chi connectivity index (χ0v) is 11.4. The van der Waals surface area contributed by atoms with Crippen LogP contribution in [0, 0.1) is 19.3 Å². The lowest BCUT2D eigenvalue weighted by Gasteiger charge is -2.35. The van der Waals surface area contributed by atoms with E-state index in [1.54, 1.807) is 6.20 Å². The maximum Gasteiger partial charge on any atom is 0.147 e. The highest BCUT2D eigenvalue weighted by Crippen LogP contribution is 2.35. The van der Waals surface area contributed by atoms with E-state index >= 15 is 0 Å². The van der Waals surface area contributed by atoms with Crippen molar-refractivity contribution in [1.82, 2.24) is 9.97 Å². The fourth-order valence-corrected chi connectivity index (χ4v) is 2.67. The highest BCUT2D eigenvalue weighted by molar-refractivity contribution is 5.39. The average Bonchev–Trinajstić information content (AvgIpc) is 2.41. The van der Waals surface area contributed by atoms with E-state index in [-0.39, 0.29) is 12.0 Å². The monoisotopic (exact) mass is 249 g/mol. The van der Waals surface area contributed by atoms with Crippen molar-refractivity contribution in [2.24, 2.45) is 5.41 Å². The van der Waals surface area contributed by atoms with Crippen LogP contribution in [-0.4, -0.2) is 28.2 Å². The molecule has 4 nitrogen and oxygen atoms in total. The number of rotatable bonds is 4. The van der Waals surface area contributed by atoms with Crippen molar-refractivity contribution in [3.05, 3.63) is 17.6 Å². The quantitative estimate of drug-likeness (QED) is 0.860. The molecular formula is C14H23N3O. The zero-order chi connectivity index (χ0) is 13.0. The summed E-state index contributed by atoms with van der Waals surface area (Å²) in [6.45, 7) is 4.96. The number of aryl methyl sites for hydroxylation is 2. The Morgan fingerprint density at radius 3 is 2.67 bits per heavy atom. The topological polar surface area (TPSA) is 58.0 Å². The van der Waals surface area contributed by atoms with Gasteiger partial charge < -0.3 is 10.4 Å². The van der Waals surface area contributed by atoms with Gasteiger partial charge in [-0.3, -0.25) is 4.98 Å². The third kappa shape index (κ3) is 2.99. The minimum Gasteiger partial charge on any atom is -0.396 e. The smallest absolute Gasteiger partial charge is 0.147 e. The number of hydrogen-bond donors (Lipinski definition) is 2. The van der Waals surface area contributed by atoms with E-state index in [4.69, 9.17) is 0 Å². The molecule has 0 aromatic carbocycles. The summed E-state index contributed by atoms with van der Waals surface area (Å²) in [5.74, 6) is 0.855. The lowest BCUT2D eigenvalue weighted by atomic mass is 9.74. The van der Waals surface area contributed by atoms with Crippen LogP contribution in [0.3, 0.4) is 0 Å². The Hall–Kier alpha value is -1.16. The molecule has 1 saturated carbocycles. The molecule has 4 heteroatoms. The summed E-state index contributed by atoms with van der Waals surface area (Å²) >= 11 is 0. The van der Waals surface area contributed by atoms with Crippen LogP contribution in [0.2, 0.25) is 0 Å². The van der Waals surface area contributed by atoms with E-state index < -0.39 is 0 Å². The second-order valence-corrected chi connectivity index (χ2v) is 5.52. The van der Waals surface area contributed by atoms with E-state index in [1.165, 1.54) is 19.3 Å². The van der Waals surface area contributed by atoms with E-state index in [0.717, 1.165) is 36.6 Å². The van der Waals surface area contributed by atoms with Crippen molar-refractivity contribution in [3.8, 4) is 0 Å². The SMILES string of the molecule is Cc1cnc(C)c(NCC2(CO)CCCCC2)n1. The molecule has 1 aliphatic rings. The van der Waals surface area contributed by atoms with Crippen molar-refractivity contribution in [2.75, 3.05) is 18.5 Å². The van der Waals surface area contributed by atoms with Crippen molar-refractivity contribution in [3.63, 3.8) is 0 Å². The molecule has 0 saturated heterocycles. The fraction of sp³-hybridized carbons (Fsp3) is 0.714. The maximum absolute atomic E-state index is 9.67. The molecule has 1 aromatic heterocycles. The van der Waals surface area contributed by atoms with Crippen LogP contribution < -0.4 is 5.32 Å². The number of aliphatic hydroxyl groups excluding tert-OH is 1. The summed E-state index contributed by atoms with van der Waals surface area (Å²) in [5, 5.41) is 13.0. The fourth-order valence-electron chi connectivity index (χ4n) is 2.67. The van der Waals surface area contributed by atoms with Crippen LogP contribution in [0.1, 0.15) is 43.5 Å². The van der Waals surface area contributed by atoms with Crippen LogP contribution in [0.15, 0.2) is 6.20 Å². The number of hydrogen-bond acceptors (Lipinski definition) is 4. The van der Waals surface area contributed by atoms with E-state index in [9.17, 15) is 5.11 Å². The molecule has 1 heterocycles. The molecule has 1 aromatic rings. The molecule has 0 radical (unpaired) electrons. The molecule has 0 amide bonds. The predicted octanol–water partition coefficient (Wildman–Crippen LogP) is 2.45. The Balaban J connectivity index is 2.03. The van der Waals surface area contributed by atoms with Crippen molar-refractivity contribution >= 4 is 5.82 Å². The highest BCUT2D eigenvalue weighted by Gasteiger charge is 2.31. The van der Waals surface area contributed by atoms with Crippen molar-refractivity contribution in [2.45, 2.75) is 46.0 Å². The summed E-state index contributed by atoms with van der Waals surface area (Å²) in [4.78, 5) is 8.77. The van der Waals surface area contributed by atoms with E-state index in [0.29, 0.717) is 0 Å². The first-order valence-electron chi connectivity index (χ1n) is 6.80. The van der Waals surface area contributed by atoms with Crippen molar-refractivity contribution < 1.29 is 5.11 Å².